The summed E-state index contributed by atoms with van der Waals surface area (Å²) < 4.78 is 0. The van der Waals surface area contributed by atoms with Crippen LogP contribution in [0.4, 0.5) is 11.5 Å². The van der Waals surface area contributed by atoms with Crippen molar-refractivity contribution in [1.29, 1.82) is 0 Å². The SMILES string of the molecule is O=C(CCC(=O)c1ccc2c(c1)CCC2)Nc1ccc(N2CCCC2)nc1. The van der Waals surface area contributed by atoms with Crippen LogP contribution >= 0.6 is 0 Å². The van der Waals surface area contributed by atoms with Crippen molar-refractivity contribution in [2.24, 2.45) is 0 Å². The molecule has 1 aromatic carbocycles. The molecular formula is C22H25N3O2. The van der Waals surface area contributed by atoms with Gasteiger partial charge in [0.1, 0.15) is 5.82 Å². The normalized spacial score (nSPS) is 15.6. The van der Waals surface area contributed by atoms with E-state index in [4.69, 9.17) is 0 Å². The fourth-order valence-electron chi connectivity index (χ4n) is 3.93. The van der Waals surface area contributed by atoms with Gasteiger partial charge in [-0.05, 0) is 61.4 Å². The van der Waals surface area contributed by atoms with Crippen LogP contribution in [0.15, 0.2) is 36.5 Å². The second-order valence-corrected chi connectivity index (χ2v) is 7.41. The molecule has 140 valence electrons. The van der Waals surface area contributed by atoms with Crippen LogP contribution in [-0.2, 0) is 17.6 Å². The molecule has 27 heavy (non-hydrogen) atoms. The molecule has 0 unspecified atom stereocenters. The molecule has 5 heteroatoms. The lowest BCUT2D eigenvalue weighted by molar-refractivity contribution is -0.116. The Labute approximate surface area is 159 Å². The average molecular weight is 363 g/mol. The molecule has 2 aromatic rings. The Morgan fingerprint density at radius 1 is 0.963 bits per heavy atom. The molecule has 0 atom stereocenters. The number of amides is 1. The number of aromatic nitrogens is 1. The highest BCUT2D eigenvalue weighted by molar-refractivity contribution is 6.00. The number of ketones is 1. The number of aryl methyl sites for hydroxylation is 2. The molecule has 1 saturated heterocycles. The van der Waals surface area contributed by atoms with Crippen LogP contribution in [-0.4, -0.2) is 29.8 Å². The van der Waals surface area contributed by atoms with E-state index < -0.39 is 0 Å². The number of rotatable bonds is 6. The molecule has 1 fully saturated rings. The molecule has 1 N–H and O–H groups in total. The zero-order chi connectivity index (χ0) is 18.6. The molecule has 2 heterocycles. The number of hydrogen-bond acceptors (Lipinski definition) is 4. The second kappa shape index (κ2) is 7.91. The molecule has 0 bridgehead atoms. The fourth-order valence-corrected chi connectivity index (χ4v) is 3.93. The summed E-state index contributed by atoms with van der Waals surface area (Å²) in [5, 5.41) is 2.84. The van der Waals surface area contributed by atoms with E-state index in [-0.39, 0.29) is 24.5 Å². The number of carbonyl (C=O) groups excluding carboxylic acids is 2. The first kappa shape index (κ1) is 17.7. The summed E-state index contributed by atoms with van der Waals surface area (Å²) >= 11 is 0. The number of pyridine rings is 1. The van der Waals surface area contributed by atoms with Crippen LogP contribution < -0.4 is 10.2 Å². The first-order valence-corrected chi connectivity index (χ1v) is 9.85. The van der Waals surface area contributed by atoms with Crippen molar-refractivity contribution in [3.8, 4) is 0 Å². The molecular weight excluding hydrogens is 338 g/mol. The number of fused-ring (bicyclic) bond motifs is 1. The zero-order valence-electron chi connectivity index (χ0n) is 15.5. The topological polar surface area (TPSA) is 62.3 Å². The van der Waals surface area contributed by atoms with Crippen molar-refractivity contribution >= 4 is 23.2 Å². The van der Waals surface area contributed by atoms with E-state index in [1.807, 2.05) is 24.3 Å². The van der Waals surface area contributed by atoms with Gasteiger partial charge in [0.2, 0.25) is 5.91 Å². The minimum Gasteiger partial charge on any atom is -0.357 e. The lowest BCUT2D eigenvalue weighted by Crippen LogP contribution is -2.19. The van der Waals surface area contributed by atoms with Gasteiger partial charge in [0.05, 0.1) is 11.9 Å². The highest BCUT2D eigenvalue weighted by Crippen LogP contribution is 2.24. The zero-order valence-corrected chi connectivity index (χ0v) is 15.5. The minimum atomic E-state index is -0.153. The van der Waals surface area contributed by atoms with Crippen LogP contribution in [0.5, 0.6) is 0 Å². The summed E-state index contributed by atoms with van der Waals surface area (Å²) in [7, 11) is 0. The molecule has 2 aliphatic rings. The molecule has 4 rings (SSSR count). The monoisotopic (exact) mass is 363 g/mol. The summed E-state index contributed by atoms with van der Waals surface area (Å²) in [6, 6.07) is 9.77. The molecule has 1 amide bonds. The summed E-state index contributed by atoms with van der Waals surface area (Å²) in [4.78, 5) is 31.3. The molecule has 0 saturated carbocycles. The molecule has 1 aliphatic heterocycles. The maximum Gasteiger partial charge on any atom is 0.224 e. The molecule has 0 spiro atoms. The number of Topliss-reactive ketones (excluding diaryl/α,β-unsaturated/α-hetero) is 1. The smallest absolute Gasteiger partial charge is 0.224 e. The van der Waals surface area contributed by atoms with Gasteiger partial charge in [0.15, 0.2) is 5.78 Å². The van der Waals surface area contributed by atoms with Gasteiger partial charge in [0.25, 0.3) is 0 Å². The number of anilines is 2. The van der Waals surface area contributed by atoms with Crippen LogP contribution in [0.1, 0.15) is 53.6 Å². The van der Waals surface area contributed by atoms with Gasteiger partial charge in [-0.3, -0.25) is 9.59 Å². The quantitative estimate of drug-likeness (QED) is 0.794. The van der Waals surface area contributed by atoms with Gasteiger partial charge in [-0.1, -0.05) is 12.1 Å². The van der Waals surface area contributed by atoms with Crippen LogP contribution in [0.3, 0.4) is 0 Å². The highest BCUT2D eigenvalue weighted by Gasteiger charge is 2.16. The molecule has 1 aliphatic carbocycles. The second-order valence-electron chi connectivity index (χ2n) is 7.41. The van der Waals surface area contributed by atoms with E-state index in [9.17, 15) is 9.59 Å². The van der Waals surface area contributed by atoms with Gasteiger partial charge >= 0.3 is 0 Å². The Hall–Kier alpha value is -2.69. The summed E-state index contributed by atoms with van der Waals surface area (Å²) in [5.41, 5.74) is 4.04. The van der Waals surface area contributed by atoms with Crippen molar-refractivity contribution < 1.29 is 9.59 Å². The van der Waals surface area contributed by atoms with Crippen LogP contribution in [0.25, 0.3) is 0 Å². The number of nitrogens with zero attached hydrogens (tertiary/aromatic N) is 2. The lowest BCUT2D eigenvalue weighted by Gasteiger charge is -2.16. The Kier molecular flexibility index (Phi) is 5.19. The van der Waals surface area contributed by atoms with E-state index in [1.54, 1.807) is 6.20 Å². The van der Waals surface area contributed by atoms with Gasteiger partial charge in [0, 0.05) is 31.5 Å². The maximum absolute atomic E-state index is 12.4. The first-order chi connectivity index (χ1) is 13.2. The summed E-state index contributed by atoms with van der Waals surface area (Å²) in [6.07, 6.45) is 7.84. The van der Waals surface area contributed by atoms with Gasteiger partial charge in [-0.15, -0.1) is 0 Å². The van der Waals surface area contributed by atoms with E-state index in [0.717, 1.165) is 37.3 Å². The lowest BCUT2D eigenvalue weighted by atomic mass is 10.0. The average Bonchev–Trinajstić information content (AvgIpc) is 3.38. The van der Waals surface area contributed by atoms with Gasteiger partial charge in [-0.25, -0.2) is 4.98 Å². The summed E-state index contributed by atoms with van der Waals surface area (Å²) in [5.74, 6) is 0.833. The van der Waals surface area contributed by atoms with Crippen molar-refractivity contribution in [3.05, 3.63) is 53.2 Å². The van der Waals surface area contributed by atoms with Crippen LogP contribution in [0, 0.1) is 0 Å². The van der Waals surface area contributed by atoms with Crippen molar-refractivity contribution in [3.63, 3.8) is 0 Å². The third-order valence-electron chi connectivity index (χ3n) is 5.46. The van der Waals surface area contributed by atoms with E-state index in [2.05, 4.69) is 21.3 Å². The van der Waals surface area contributed by atoms with E-state index >= 15 is 0 Å². The number of benzene rings is 1. The molecule has 1 aromatic heterocycles. The van der Waals surface area contributed by atoms with Gasteiger partial charge < -0.3 is 10.2 Å². The van der Waals surface area contributed by atoms with Crippen molar-refractivity contribution in [2.75, 3.05) is 23.3 Å². The number of hydrogen-bond donors (Lipinski definition) is 1. The maximum atomic E-state index is 12.4. The fraction of sp³-hybridized carbons (Fsp3) is 0.409. The molecule has 5 nitrogen and oxygen atoms in total. The van der Waals surface area contributed by atoms with Crippen molar-refractivity contribution in [1.82, 2.24) is 4.98 Å². The summed E-state index contributed by atoms with van der Waals surface area (Å²) in [6.45, 7) is 2.09. The first-order valence-electron chi connectivity index (χ1n) is 9.85. The van der Waals surface area contributed by atoms with Crippen molar-refractivity contribution in [2.45, 2.75) is 44.9 Å². The van der Waals surface area contributed by atoms with E-state index in [0.29, 0.717) is 5.69 Å². The minimum absolute atomic E-state index is 0.0300. The third-order valence-corrected chi connectivity index (χ3v) is 5.46. The largest absolute Gasteiger partial charge is 0.357 e. The van der Waals surface area contributed by atoms with Gasteiger partial charge in [-0.2, -0.15) is 0 Å². The Morgan fingerprint density at radius 3 is 2.56 bits per heavy atom. The predicted octanol–water partition coefficient (Wildman–Crippen LogP) is 3.77. The molecule has 0 radical (unpaired) electrons. The van der Waals surface area contributed by atoms with Crippen LogP contribution in [0.2, 0.25) is 0 Å². The Morgan fingerprint density at radius 2 is 1.78 bits per heavy atom. The highest BCUT2D eigenvalue weighted by atomic mass is 16.2. The Bertz CT molecular complexity index is 839. The predicted molar refractivity (Wildman–Crippen MR) is 106 cm³/mol. The standard InChI is InChI=1S/C22H25N3O2/c26-20(18-7-6-16-4-3-5-17(16)14-18)9-11-22(27)24-19-8-10-21(23-15-19)25-12-1-2-13-25/h6-8,10,14-15H,1-5,9,11-13H2,(H,24,27). The van der Waals surface area contributed by atoms with E-state index in [1.165, 1.54) is 30.4 Å². The number of carbonyl (C=O) groups is 2. The Balaban J connectivity index is 1.28. The third kappa shape index (κ3) is 4.18. The number of nitrogens with one attached hydrogen (secondary N) is 1.